The summed E-state index contributed by atoms with van der Waals surface area (Å²) in [5.41, 5.74) is 4.37. The smallest absolute Gasteiger partial charge is 0.416 e. The van der Waals surface area contributed by atoms with Gasteiger partial charge in [0.15, 0.2) is 5.13 Å². The Balaban J connectivity index is 1.78. The van der Waals surface area contributed by atoms with Crippen molar-refractivity contribution < 1.29 is 27.4 Å². The highest BCUT2D eigenvalue weighted by Crippen LogP contribution is 2.55. The number of fused-ring (bicyclic) bond motifs is 4. The molecule has 0 aliphatic carbocycles. The number of nitrogens with zero attached hydrogens (tertiary/aromatic N) is 2. The molecule has 1 spiro atoms. The van der Waals surface area contributed by atoms with Gasteiger partial charge in [0.1, 0.15) is 17.0 Å². The minimum absolute atomic E-state index is 0.131. The van der Waals surface area contributed by atoms with Gasteiger partial charge in [-0.3, -0.25) is 0 Å². The molecule has 2 N–H and O–H groups in total. The van der Waals surface area contributed by atoms with Crippen LogP contribution in [0.4, 0.5) is 23.1 Å². The van der Waals surface area contributed by atoms with Gasteiger partial charge < -0.3 is 20.1 Å². The maximum atomic E-state index is 13.4. The number of nitrogen functional groups attached to an aromatic ring is 1. The number of carbonyl (C=O) groups excluding carboxylic acids is 1. The quantitative estimate of drug-likeness (QED) is 0.453. The molecule has 186 valence electrons. The summed E-state index contributed by atoms with van der Waals surface area (Å²) in [6.45, 7) is 11.8. The van der Waals surface area contributed by atoms with E-state index in [-0.39, 0.29) is 17.2 Å². The van der Waals surface area contributed by atoms with Gasteiger partial charge in [-0.2, -0.15) is 13.2 Å². The van der Waals surface area contributed by atoms with Crippen LogP contribution < -0.4 is 10.5 Å². The van der Waals surface area contributed by atoms with E-state index >= 15 is 0 Å². The number of piperidine rings is 1. The van der Waals surface area contributed by atoms with E-state index in [1.54, 1.807) is 4.90 Å². The van der Waals surface area contributed by atoms with Gasteiger partial charge >= 0.3 is 12.3 Å². The fourth-order valence-corrected chi connectivity index (χ4v) is 5.67. The van der Waals surface area contributed by atoms with E-state index < -0.39 is 29.0 Å². The number of aromatic nitrogens is 1. The zero-order valence-electron chi connectivity index (χ0n) is 20.2. The highest BCUT2D eigenvalue weighted by atomic mass is 32.1. The third-order valence-corrected chi connectivity index (χ3v) is 7.28. The van der Waals surface area contributed by atoms with Gasteiger partial charge in [0.2, 0.25) is 0 Å². The number of carbonyl (C=O) groups is 1. The van der Waals surface area contributed by atoms with Crippen LogP contribution in [0.5, 0.6) is 5.75 Å². The van der Waals surface area contributed by atoms with Crippen molar-refractivity contribution in [2.45, 2.75) is 77.8 Å². The normalized spacial score (nSPS) is 22.7. The molecule has 2 aliphatic heterocycles. The number of hydrogen-bond acceptors (Lipinski definition) is 6. The Bertz CT molecular complexity index is 1120. The van der Waals surface area contributed by atoms with Crippen molar-refractivity contribution in [1.82, 2.24) is 9.88 Å². The number of halogens is 3. The number of benzene rings is 1. The zero-order valence-corrected chi connectivity index (χ0v) is 21.0. The first-order chi connectivity index (χ1) is 15.5. The van der Waals surface area contributed by atoms with Crippen molar-refractivity contribution >= 4 is 22.6 Å². The third kappa shape index (κ3) is 4.44. The molecular formula is C24H30F3N3O3S. The lowest BCUT2D eigenvalue weighted by Crippen LogP contribution is -2.58. The summed E-state index contributed by atoms with van der Waals surface area (Å²) in [4.78, 5) is 20.0. The second-order valence-corrected chi connectivity index (χ2v) is 12.1. The molecule has 0 radical (unpaired) electrons. The van der Waals surface area contributed by atoms with E-state index in [2.05, 4.69) is 4.98 Å². The molecule has 1 saturated heterocycles. The molecule has 3 heterocycles. The van der Waals surface area contributed by atoms with Gasteiger partial charge in [-0.1, -0.05) is 32.1 Å². The molecule has 6 nitrogen and oxygen atoms in total. The standard InChI is InChI=1S/C24H30F3N3O3S/c1-21(2,3)16-12-23(9-10-30(16)20(31)33-22(4,5)6)18-17(29-19(28)34-18)14-8-7-13(24(25,26)27)11-15(14)32-23/h7-8,11,16H,9-10,12H2,1-6H3,(H2,28,29). The molecule has 1 aromatic carbocycles. The first kappa shape index (κ1) is 24.6. The van der Waals surface area contributed by atoms with Gasteiger partial charge in [0, 0.05) is 31.0 Å². The highest BCUT2D eigenvalue weighted by molar-refractivity contribution is 7.16. The number of rotatable bonds is 0. The van der Waals surface area contributed by atoms with Gasteiger partial charge in [0.25, 0.3) is 0 Å². The number of alkyl halides is 3. The highest BCUT2D eigenvalue weighted by Gasteiger charge is 2.53. The largest absolute Gasteiger partial charge is 0.481 e. The van der Waals surface area contributed by atoms with Gasteiger partial charge in [-0.25, -0.2) is 9.78 Å². The van der Waals surface area contributed by atoms with Gasteiger partial charge in [0.05, 0.1) is 16.1 Å². The van der Waals surface area contributed by atoms with Crippen LogP contribution in [0.3, 0.4) is 0 Å². The van der Waals surface area contributed by atoms with E-state index in [0.29, 0.717) is 35.8 Å². The number of likely N-dealkylation sites (tertiary alicyclic amines) is 1. The molecule has 0 saturated carbocycles. The summed E-state index contributed by atoms with van der Waals surface area (Å²) in [7, 11) is 0. The molecule has 2 aliphatic rings. The van der Waals surface area contributed by atoms with Crippen LogP contribution in [0.2, 0.25) is 0 Å². The lowest BCUT2D eigenvalue weighted by molar-refractivity contribution is -0.138. The van der Waals surface area contributed by atoms with E-state index in [1.165, 1.54) is 17.4 Å². The Kier molecular flexibility index (Phi) is 5.62. The monoisotopic (exact) mass is 497 g/mol. The Labute approximate surface area is 201 Å². The van der Waals surface area contributed by atoms with Crippen LogP contribution in [-0.2, 0) is 16.5 Å². The Hall–Kier alpha value is -2.49. The Morgan fingerprint density at radius 3 is 2.50 bits per heavy atom. The fourth-order valence-electron chi connectivity index (χ4n) is 4.66. The minimum atomic E-state index is -4.50. The topological polar surface area (TPSA) is 77.7 Å². The van der Waals surface area contributed by atoms with Crippen molar-refractivity contribution in [3.63, 3.8) is 0 Å². The Morgan fingerprint density at radius 1 is 1.24 bits per heavy atom. The Morgan fingerprint density at radius 2 is 1.91 bits per heavy atom. The molecular weight excluding hydrogens is 467 g/mol. The lowest BCUT2D eigenvalue weighted by Gasteiger charge is -2.51. The second-order valence-electron chi connectivity index (χ2n) is 11.0. The van der Waals surface area contributed by atoms with E-state index in [0.717, 1.165) is 17.0 Å². The van der Waals surface area contributed by atoms with E-state index in [1.807, 2.05) is 41.5 Å². The second kappa shape index (κ2) is 7.76. The first-order valence-corrected chi connectivity index (χ1v) is 12.0. The predicted octanol–water partition coefficient (Wildman–Crippen LogP) is 6.44. The van der Waals surface area contributed by atoms with Crippen molar-refractivity contribution in [3.05, 3.63) is 28.6 Å². The number of hydrogen-bond donors (Lipinski definition) is 1. The lowest BCUT2D eigenvalue weighted by atomic mass is 9.73. The van der Waals surface area contributed by atoms with Gasteiger partial charge in [-0.05, 0) is 44.4 Å². The summed E-state index contributed by atoms with van der Waals surface area (Å²) in [5, 5.41) is 0.322. The number of amides is 1. The van der Waals surface area contributed by atoms with E-state index in [9.17, 15) is 18.0 Å². The maximum Gasteiger partial charge on any atom is 0.416 e. The summed E-state index contributed by atoms with van der Waals surface area (Å²) in [5.74, 6) is 0.131. The van der Waals surface area contributed by atoms with Gasteiger partial charge in [-0.15, -0.1) is 0 Å². The minimum Gasteiger partial charge on any atom is -0.481 e. The fraction of sp³-hybridized carbons (Fsp3) is 0.583. The number of thiazole rings is 1. The van der Waals surface area contributed by atoms with Crippen molar-refractivity contribution in [2.75, 3.05) is 12.3 Å². The van der Waals surface area contributed by atoms with Crippen LogP contribution in [0.1, 0.15) is 64.8 Å². The molecule has 1 fully saturated rings. The van der Waals surface area contributed by atoms with Crippen LogP contribution in [0, 0.1) is 5.41 Å². The number of nitrogens with two attached hydrogens (primary N) is 1. The average Bonchev–Trinajstić information content (AvgIpc) is 3.07. The summed E-state index contributed by atoms with van der Waals surface area (Å²) in [6, 6.07) is 3.16. The van der Waals surface area contributed by atoms with Crippen molar-refractivity contribution in [3.8, 4) is 17.0 Å². The summed E-state index contributed by atoms with van der Waals surface area (Å²) < 4.78 is 52.4. The predicted molar refractivity (Wildman–Crippen MR) is 125 cm³/mol. The summed E-state index contributed by atoms with van der Waals surface area (Å²) in [6.07, 6.45) is -4.16. The molecule has 2 aromatic rings. The molecule has 1 aromatic heterocycles. The number of ether oxygens (including phenoxy) is 2. The van der Waals surface area contributed by atoms with Crippen molar-refractivity contribution in [1.29, 1.82) is 0 Å². The molecule has 34 heavy (non-hydrogen) atoms. The van der Waals surface area contributed by atoms with E-state index in [4.69, 9.17) is 15.2 Å². The molecule has 0 bridgehead atoms. The van der Waals surface area contributed by atoms with Crippen LogP contribution in [0.15, 0.2) is 18.2 Å². The molecule has 4 rings (SSSR count). The zero-order chi connectivity index (χ0) is 25.3. The molecule has 1 amide bonds. The van der Waals surface area contributed by atoms with Crippen LogP contribution in [-0.4, -0.2) is 34.2 Å². The van der Waals surface area contributed by atoms with Crippen molar-refractivity contribution in [2.24, 2.45) is 5.41 Å². The third-order valence-electron chi connectivity index (χ3n) is 6.21. The average molecular weight is 498 g/mol. The maximum absolute atomic E-state index is 13.4. The first-order valence-electron chi connectivity index (χ1n) is 11.2. The summed E-state index contributed by atoms with van der Waals surface area (Å²) >= 11 is 1.29. The number of anilines is 1. The molecule has 2 atom stereocenters. The molecule has 10 heteroatoms. The molecule has 2 unspecified atom stereocenters. The van der Waals surface area contributed by atoms with Crippen LogP contribution >= 0.6 is 11.3 Å². The SMILES string of the molecule is CC(C)(C)OC(=O)N1CCC2(CC1C(C)(C)C)Oc1cc(C(F)(F)F)ccc1-c1nc(N)sc12. The van der Waals surface area contributed by atoms with Crippen LogP contribution in [0.25, 0.3) is 11.3 Å².